The lowest BCUT2D eigenvalue weighted by atomic mass is 9.74. The molecule has 0 aromatic heterocycles. The summed E-state index contributed by atoms with van der Waals surface area (Å²) in [5, 5.41) is 3.27. The number of dihydropyridines is 1. The van der Waals surface area contributed by atoms with E-state index in [1.54, 1.807) is 4.90 Å². The third kappa shape index (κ3) is 3.77. The van der Waals surface area contributed by atoms with Crippen molar-refractivity contribution in [3.05, 3.63) is 57.9 Å². The highest BCUT2D eigenvalue weighted by Crippen LogP contribution is 2.43. The standard InChI is InChI=1S/C23H25F3N2O2/c1-14-19(22(30)28-12-3-2-4-13-28)20(21-17(27-14)6-5-7-18(21)29)15-8-10-16(11-9-15)23(24,25)26/h8-11,20,27H,2-7,12-13H2,1H3/t20-/m0/s1. The predicted octanol–water partition coefficient (Wildman–Crippen LogP) is 4.69. The van der Waals surface area contributed by atoms with E-state index in [1.807, 2.05) is 6.92 Å². The molecular weight excluding hydrogens is 393 g/mol. The average Bonchev–Trinajstić information content (AvgIpc) is 2.72. The third-order valence-corrected chi connectivity index (χ3v) is 6.22. The summed E-state index contributed by atoms with van der Waals surface area (Å²) in [5.41, 5.74) is 2.30. The number of amides is 1. The molecule has 30 heavy (non-hydrogen) atoms. The maximum absolute atomic E-state index is 13.5. The quantitative estimate of drug-likeness (QED) is 0.758. The first-order chi connectivity index (χ1) is 14.3. The Labute approximate surface area is 173 Å². The van der Waals surface area contributed by atoms with E-state index in [0.717, 1.165) is 43.5 Å². The van der Waals surface area contributed by atoms with E-state index < -0.39 is 17.7 Å². The van der Waals surface area contributed by atoms with Crippen molar-refractivity contribution in [1.29, 1.82) is 0 Å². The summed E-state index contributed by atoms with van der Waals surface area (Å²) in [5.74, 6) is -0.801. The fraction of sp³-hybridized carbons (Fsp3) is 0.478. The topological polar surface area (TPSA) is 49.4 Å². The molecule has 4 nitrogen and oxygen atoms in total. The maximum atomic E-state index is 13.5. The van der Waals surface area contributed by atoms with Gasteiger partial charge in [0.15, 0.2) is 5.78 Å². The van der Waals surface area contributed by atoms with Gasteiger partial charge in [-0.25, -0.2) is 0 Å². The van der Waals surface area contributed by atoms with Crippen molar-refractivity contribution in [2.45, 2.75) is 57.5 Å². The van der Waals surface area contributed by atoms with Gasteiger partial charge in [0.2, 0.25) is 0 Å². The minimum Gasteiger partial charge on any atom is -0.362 e. The number of piperidine rings is 1. The summed E-state index contributed by atoms with van der Waals surface area (Å²) in [6.45, 7) is 3.14. The Morgan fingerprint density at radius 3 is 2.33 bits per heavy atom. The lowest BCUT2D eigenvalue weighted by molar-refractivity contribution is -0.137. The molecule has 1 fully saturated rings. The molecule has 2 aliphatic heterocycles. The van der Waals surface area contributed by atoms with Crippen molar-refractivity contribution >= 4 is 11.7 Å². The number of hydrogen-bond acceptors (Lipinski definition) is 3. The summed E-state index contributed by atoms with van der Waals surface area (Å²) >= 11 is 0. The minimum absolute atomic E-state index is 0.0370. The minimum atomic E-state index is -4.43. The van der Waals surface area contributed by atoms with E-state index in [9.17, 15) is 22.8 Å². The molecule has 1 aliphatic carbocycles. The van der Waals surface area contributed by atoms with Gasteiger partial charge in [-0.1, -0.05) is 12.1 Å². The third-order valence-electron chi connectivity index (χ3n) is 6.22. The first-order valence-corrected chi connectivity index (χ1v) is 10.5. The first-order valence-electron chi connectivity index (χ1n) is 10.5. The zero-order valence-electron chi connectivity index (χ0n) is 16.9. The van der Waals surface area contributed by atoms with Gasteiger partial charge in [0.05, 0.1) is 5.56 Å². The summed E-state index contributed by atoms with van der Waals surface area (Å²) < 4.78 is 39.2. The number of nitrogens with one attached hydrogen (secondary N) is 1. The lowest BCUT2D eigenvalue weighted by Crippen LogP contribution is -2.42. The molecule has 1 amide bonds. The Kier molecular flexibility index (Phi) is 5.47. The van der Waals surface area contributed by atoms with Crippen molar-refractivity contribution in [3.63, 3.8) is 0 Å². The lowest BCUT2D eigenvalue weighted by Gasteiger charge is -2.37. The van der Waals surface area contributed by atoms with Gasteiger partial charge in [-0.3, -0.25) is 9.59 Å². The molecule has 1 aromatic rings. The predicted molar refractivity (Wildman–Crippen MR) is 106 cm³/mol. The molecule has 0 unspecified atom stereocenters. The van der Waals surface area contributed by atoms with E-state index >= 15 is 0 Å². The Balaban J connectivity index is 1.79. The van der Waals surface area contributed by atoms with Gasteiger partial charge >= 0.3 is 6.18 Å². The first kappa shape index (κ1) is 20.7. The van der Waals surface area contributed by atoms with E-state index in [-0.39, 0.29) is 11.7 Å². The molecule has 1 atom stereocenters. The fourth-order valence-electron chi connectivity index (χ4n) is 4.73. The van der Waals surface area contributed by atoms with Gasteiger partial charge < -0.3 is 10.2 Å². The van der Waals surface area contributed by atoms with Crippen LogP contribution in [0.3, 0.4) is 0 Å². The van der Waals surface area contributed by atoms with Crippen LogP contribution in [0.4, 0.5) is 13.2 Å². The Morgan fingerprint density at radius 1 is 1.03 bits per heavy atom. The number of halogens is 3. The number of carbonyl (C=O) groups is 2. The number of benzene rings is 1. The SMILES string of the molecule is CC1=C(C(=O)N2CCCCC2)[C@H](c2ccc(C(F)(F)F)cc2)C2=C(CCCC2=O)N1. The molecular formula is C23H25F3N2O2. The van der Waals surface area contributed by atoms with Gasteiger partial charge in [0.1, 0.15) is 0 Å². The van der Waals surface area contributed by atoms with Gasteiger partial charge in [0, 0.05) is 48.0 Å². The Morgan fingerprint density at radius 2 is 1.70 bits per heavy atom. The van der Waals surface area contributed by atoms with Crippen LogP contribution in [0.25, 0.3) is 0 Å². The van der Waals surface area contributed by atoms with Crippen LogP contribution >= 0.6 is 0 Å². The van der Waals surface area contributed by atoms with Crippen LogP contribution in [0.5, 0.6) is 0 Å². The van der Waals surface area contributed by atoms with E-state index in [0.29, 0.717) is 48.3 Å². The summed E-state index contributed by atoms with van der Waals surface area (Å²) in [4.78, 5) is 28.1. The van der Waals surface area contributed by atoms with E-state index in [1.165, 1.54) is 12.1 Å². The molecule has 1 N–H and O–H groups in total. The highest BCUT2D eigenvalue weighted by atomic mass is 19.4. The van der Waals surface area contributed by atoms with Crippen LogP contribution in [0.15, 0.2) is 46.8 Å². The molecule has 7 heteroatoms. The number of hydrogen-bond donors (Lipinski definition) is 1. The monoisotopic (exact) mass is 418 g/mol. The highest BCUT2D eigenvalue weighted by molar-refractivity contribution is 6.05. The zero-order chi connectivity index (χ0) is 21.5. The molecule has 160 valence electrons. The van der Waals surface area contributed by atoms with Crippen LogP contribution in [-0.2, 0) is 15.8 Å². The Bertz CT molecular complexity index is 923. The number of likely N-dealkylation sites (tertiary alicyclic amines) is 1. The van der Waals surface area contributed by atoms with Gasteiger partial charge in [-0.15, -0.1) is 0 Å². The second-order valence-electron chi connectivity index (χ2n) is 8.24. The van der Waals surface area contributed by atoms with Gasteiger partial charge in [0.25, 0.3) is 5.91 Å². The average molecular weight is 418 g/mol. The molecule has 0 radical (unpaired) electrons. The molecule has 1 saturated heterocycles. The summed E-state index contributed by atoms with van der Waals surface area (Å²) in [6.07, 6.45) is 0.328. The molecule has 4 rings (SSSR count). The van der Waals surface area contributed by atoms with Crippen LogP contribution in [0.2, 0.25) is 0 Å². The number of nitrogens with zero attached hydrogens (tertiary/aromatic N) is 1. The summed E-state index contributed by atoms with van der Waals surface area (Å²) in [6, 6.07) is 4.87. The van der Waals surface area contributed by atoms with Crippen LogP contribution < -0.4 is 5.32 Å². The van der Waals surface area contributed by atoms with Crippen LogP contribution in [-0.4, -0.2) is 29.7 Å². The second kappa shape index (κ2) is 7.93. The van der Waals surface area contributed by atoms with Gasteiger partial charge in [-0.05, 0) is 56.7 Å². The second-order valence-corrected chi connectivity index (χ2v) is 8.24. The van der Waals surface area contributed by atoms with Crippen LogP contribution in [0.1, 0.15) is 62.5 Å². The Hall–Kier alpha value is -2.57. The van der Waals surface area contributed by atoms with E-state index in [2.05, 4.69) is 5.32 Å². The van der Waals surface area contributed by atoms with Crippen molar-refractivity contribution in [2.24, 2.45) is 0 Å². The van der Waals surface area contributed by atoms with Gasteiger partial charge in [-0.2, -0.15) is 13.2 Å². The van der Waals surface area contributed by atoms with Crippen LogP contribution in [0, 0.1) is 0 Å². The highest BCUT2D eigenvalue weighted by Gasteiger charge is 2.40. The van der Waals surface area contributed by atoms with Crippen molar-refractivity contribution in [3.8, 4) is 0 Å². The fourth-order valence-corrected chi connectivity index (χ4v) is 4.73. The van der Waals surface area contributed by atoms with Crippen molar-refractivity contribution in [1.82, 2.24) is 10.2 Å². The number of carbonyl (C=O) groups excluding carboxylic acids is 2. The largest absolute Gasteiger partial charge is 0.416 e. The number of ketones is 1. The number of Topliss-reactive ketones (excluding diaryl/α,β-unsaturated/α-hetero) is 1. The maximum Gasteiger partial charge on any atom is 0.416 e. The molecule has 0 saturated carbocycles. The number of rotatable bonds is 2. The van der Waals surface area contributed by atoms with E-state index in [4.69, 9.17) is 0 Å². The molecule has 1 aromatic carbocycles. The summed E-state index contributed by atoms with van der Waals surface area (Å²) in [7, 11) is 0. The molecule has 2 heterocycles. The number of allylic oxidation sites excluding steroid dienone is 3. The van der Waals surface area contributed by atoms with Crippen molar-refractivity contribution in [2.75, 3.05) is 13.1 Å². The smallest absolute Gasteiger partial charge is 0.362 e. The van der Waals surface area contributed by atoms with Crippen molar-refractivity contribution < 1.29 is 22.8 Å². The molecule has 3 aliphatic rings. The molecule has 0 bridgehead atoms. The number of alkyl halides is 3. The molecule has 0 spiro atoms. The zero-order valence-corrected chi connectivity index (χ0v) is 16.9. The normalized spacial score (nSPS) is 22.7.